The van der Waals surface area contributed by atoms with Crippen molar-refractivity contribution in [3.05, 3.63) is 10.6 Å². The first-order valence-electron chi connectivity index (χ1n) is 8.50. The van der Waals surface area contributed by atoms with E-state index in [1.807, 2.05) is 13.8 Å². The highest BCUT2D eigenvalue weighted by Gasteiger charge is 2.33. The monoisotopic (exact) mass is 379 g/mol. The van der Waals surface area contributed by atoms with Crippen molar-refractivity contribution in [3.8, 4) is 0 Å². The maximum atomic E-state index is 12.4. The fourth-order valence-corrected chi connectivity index (χ4v) is 3.91. The number of likely N-dealkylation sites (tertiary alicyclic amines) is 1. The van der Waals surface area contributed by atoms with E-state index >= 15 is 0 Å². The van der Waals surface area contributed by atoms with Crippen LogP contribution in [0.5, 0.6) is 0 Å². The Labute approximate surface area is 154 Å². The summed E-state index contributed by atoms with van der Waals surface area (Å²) in [7, 11) is 0. The molecule has 1 aromatic heterocycles. The van der Waals surface area contributed by atoms with E-state index in [1.165, 1.54) is 11.3 Å². The van der Waals surface area contributed by atoms with Gasteiger partial charge in [-0.05, 0) is 13.8 Å². The molecular formula is C16H21N5O4S. The average molecular weight is 379 g/mol. The van der Waals surface area contributed by atoms with Gasteiger partial charge in [0.25, 0.3) is 0 Å². The Kier molecular flexibility index (Phi) is 5.21. The van der Waals surface area contributed by atoms with Crippen LogP contribution in [-0.4, -0.2) is 57.7 Å². The van der Waals surface area contributed by atoms with Gasteiger partial charge in [0.15, 0.2) is 5.13 Å². The van der Waals surface area contributed by atoms with Crippen LogP contribution in [0.4, 0.5) is 9.93 Å². The molecule has 0 aromatic carbocycles. The van der Waals surface area contributed by atoms with Crippen LogP contribution < -0.4 is 10.6 Å². The number of fused-ring (bicyclic) bond motifs is 1. The van der Waals surface area contributed by atoms with E-state index in [2.05, 4.69) is 15.6 Å². The van der Waals surface area contributed by atoms with Gasteiger partial charge in [0.05, 0.1) is 12.2 Å². The molecule has 3 heterocycles. The Morgan fingerprint density at radius 3 is 2.54 bits per heavy atom. The number of imide groups is 1. The van der Waals surface area contributed by atoms with Crippen molar-refractivity contribution < 1.29 is 19.2 Å². The Bertz CT molecular complexity index is 744. The van der Waals surface area contributed by atoms with Crippen molar-refractivity contribution in [1.29, 1.82) is 0 Å². The molecule has 2 aliphatic heterocycles. The molecule has 0 saturated carbocycles. The van der Waals surface area contributed by atoms with Crippen LogP contribution in [0.15, 0.2) is 0 Å². The van der Waals surface area contributed by atoms with Gasteiger partial charge in [-0.1, -0.05) is 11.3 Å². The summed E-state index contributed by atoms with van der Waals surface area (Å²) < 4.78 is 0. The van der Waals surface area contributed by atoms with Crippen LogP contribution in [0.1, 0.15) is 37.3 Å². The summed E-state index contributed by atoms with van der Waals surface area (Å²) in [5, 5.41) is 5.92. The summed E-state index contributed by atoms with van der Waals surface area (Å²) in [6, 6.07) is -0.293. The largest absolute Gasteiger partial charge is 0.336 e. The Morgan fingerprint density at radius 1 is 1.19 bits per heavy atom. The summed E-state index contributed by atoms with van der Waals surface area (Å²) in [6.07, 6.45) is 0.935. The van der Waals surface area contributed by atoms with Crippen LogP contribution in [0.3, 0.4) is 0 Å². The fraction of sp³-hybridized carbons (Fsp3) is 0.562. The number of amides is 5. The Balaban J connectivity index is 1.60. The molecule has 2 aliphatic rings. The topological polar surface area (TPSA) is 112 Å². The normalized spacial score (nSPS) is 16.9. The number of nitrogens with zero attached hydrogens (tertiary/aromatic N) is 3. The van der Waals surface area contributed by atoms with E-state index in [4.69, 9.17) is 0 Å². The van der Waals surface area contributed by atoms with Gasteiger partial charge in [0, 0.05) is 36.7 Å². The van der Waals surface area contributed by atoms with E-state index < -0.39 is 0 Å². The molecule has 0 radical (unpaired) electrons. The highest BCUT2D eigenvalue weighted by atomic mass is 32.1. The number of carbonyl (C=O) groups is 4. The number of nitrogens with one attached hydrogen (secondary N) is 2. The van der Waals surface area contributed by atoms with Gasteiger partial charge < -0.3 is 10.2 Å². The number of hydrogen-bond donors (Lipinski definition) is 2. The maximum absolute atomic E-state index is 12.4. The summed E-state index contributed by atoms with van der Waals surface area (Å²) >= 11 is 1.33. The first-order valence-corrected chi connectivity index (χ1v) is 9.32. The third kappa shape index (κ3) is 4.01. The highest BCUT2D eigenvalue weighted by Crippen LogP contribution is 2.28. The SMILES string of the molecule is CC(C)NC(=O)Nc1nc2c(s1)CN(C(=O)CN1C(=O)CCC1=O)CC2. The van der Waals surface area contributed by atoms with Crippen LogP contribution >= 0.6 is 11.3 Å². The van der Waals surface area contributed by atoms with Crippen molar-refractivity contribution in [2.24, 2.45) is 0 Å². The molecule has 26 heavy (non-hydrogen) atoms. The minimum absolute atomic E-state index is 0.0220. The zero-order valence-corrected chi connectivity index (χ0v) is 15.5. The summed E-state index contributed by atoms with van der Waals surface area (Å²) in [5.74, 6) is -0.831. The summed E-state index contributed by atoms with van der Waals surface area (Å²) in [4.78, 5) is 55.5. The molecule has 1 fully saturated rings. The third-order valence-corrected chi connectivity index (χ3v) is 5.17. The van der Waals surface area contributed by atoms with Gasteiger partial charge in [0.1, 0.15) is 6.54 Å². The molecule has 3 rings (SSSR count). The molecule has 140 valence electrons. The smallest absolute Gasteiger partial charge is 0.321 e. The molecule has 1 aromatic rings. The fourth-order valence-electron chi connectivity index (χ4n) is 2.89. The van der Waals surface area contributed by atoms with E-state index in [0.29, 0.717) is 24.6 Å². The number of hydrogen-bond acceptors (Lipinski definition) is 6. The van der Waals surface area contributed by atoms with Crippen LogP contribution in [0.2, 0.25) is 0 Å². The van der Waals surface area contributed by atoms with Gasteiger partial charge in [-0.15, -0.1) is 0 Å². The second-order valence-corrected chi connectivity index (χ2v) is 7.66. The standard InChI is InChI=1S/C16H21N5O4S/c1-9(2)17-15(25)19-16-18-10-5-6-20(7-11(10)26-16)14(24)8-21-12(22)3-4-13(21)23/h9H,3-8H2,1-2H3,(H2,17,18,19,25). The number of aromatic nitrogens is 1. The number of urea groups is 1. The molecule has 0 spiro atoms. The zero-order valence-electron chi connectivity index (χ0n) is 14.7. The molecule has 10 heteroatoms. The van der Waals surface area contributed by atoms with Crippen molar-refractivity contribution in [3.63, 3.8) is 0 Å². The summed E-state index contributed by atoms with van der Waals surface area (Å²) in [6.45, 7) is 4.38. The maximum Gasteiger partial charge on any atom is 0.321 e. The van der Waals surface area contributed by atoms with E-state index in [-0.39, 0.29) is 49.2 Å². The van der Waals surface area contributed by atoms with Crippen molar-refractivity contribution in [2.45, 2.75) is 45.7 Å². The minimum atomic E-state index is -0.315. The summed E-state index contributed by atoms with van der Waals surface area (Å²) in [5.41, 5.74) is 0.868. The predicted molar refractivity (Wildman–Crippen MR) is 94.5 cm³/mol. The van der Waals surface area contributed by atoms with E-state index in [1.54, 1.807) is 4.90 Å². The lowest BCUT2D eigenvalue weighted by molar-refractivity contribution is -0.145. The highest BCUT2D eigenvalue weighted by molar-refractivity contribution is 7.15. The van der Waals surface area contributed by atoms with Crippen LogP contribution in [-0.2, 0) is 27.3 Å². The van der Waals surface area contributed by atoms with Crippen molar-refractivity contribution in [1.82, 2.24) is 20.1 Å². The molecule has 0 bridgehead atoms. The average Bonchev–Trinajstić information content (AvgIpc) is 3.10. The molecule has 0 unspecified atom stereocenters. The number of carbonyl (C=O) groups excluding carboxylic acids is 4. The lowest BCUT2D eigenvalue weighted by atomic mass is 10.2. The van der Waals surface area contributed by atoms with Gasteiger partial charge in [-0.2, -0.15) is 0 Å². The first kappa shape index (κ1) is 18.3. The van der Waals surface area contributed by atoms with Gasteiger partial charge in [-0.25, -0.2) is 9.78 Å². The first-order chi connectivity index (χ1) is 12.3. The molecule has 0 aliphatic carbocycles. The number of rotatable bonds is 4. The van der Waals surface area contributed by atoms with Gasteiger partial charge in [0.2, 0.25) is 17.7 Å². The zero-order chi connectivity index (χ0) is 18.8. The van der Waals surface area contributed by atoms with Gasteiger partial charge in [-0.3, -0.25) is 24.6 Å². The van der Waals surface area contributed by atoms with Crippen molar-refractivity contribution in [2.75, 3.05) is 18.4 Å². The Hall–Kier alpha value is -2.49. The number of anilines is 1. The second-order valence-electron chi connectivity index (χ2n) is 6.58. The predicted octanol–water partition coefficient (Wildman–Crippen LogP) is 0.707. The number of thiazole rings is 1. The Morgan fingerprint density at radius 2 is 1.88 bits per heavy atom. The van der Waals surface area contributed by atoms with Crippen molar-refractivity contribution >= 4 is 40.2 Å². The molecule has 1 saturated heterocycles. The van der Waals surface area contributed by atoms with Crippen LogP contribution in [0.25, 0.3) is 0 Å². The molecular weight excluding hydrogens is 358 g/mol. The van der Waals surface area contributed by atoms with Gasteiger partial charge >= 0.3 is 6.03 Å². The molecule has 9 nitrogen and oxygen atoms in total. The molecule has 2 N–H and O–H groups in total. The second kappa shape index (κ2) is 7.40. The molecule has 0 atom stereocenters. The van der Waals surface area contributed by atoms with E-state index in [9.17, 15) is 19.2 Å². The lowest BCUT2D eigenvalue weighted by Crippen LogP contribution is -2.44. The van der Waals surface area contributed by atoms with E-state index in [0.717, 1.165) is 15.5 Å². The lowest BCUT2D eigenvalue weighted by Gasteiger charge is -2.27. The molecule has 5 amide bonds. The quantitative estimate of drug-likeness (QED) is 0.748. The third-order valence-electron chi connectivity index (χ3n) is 4.17. The van der Waals surface area contributed by atoms with Crippen LogP contribution in [0, 0.1) is 0 Å². The minimum Gasteiger partial charge on any atom is -0.336 e.